The molecule has 2 fully saturated rings. The number of amides is 1. The minimum atomic E-state index is 0.180. The molecule has 0 atom stereocenters. The predicted molar refractivity (Wildman–Crippen MR) is 98.1 cm³/mol. The van der Waals surface area contributed by atoms with Crippen LogP contribution in [0.15, 0.2) is 10.7 Å². The topological polar surface area (TPSA) is 64.2 Å². The first-order valence-electron chi connectivity index (χ1n) is 9.78. The van der Waals surface area contributed by atoms with Crippen LogP contribution in [0.4, 0.5) is 0 Å². The molecule has 0 radical (unpaired) electrons. The third-order valence-electron chi connectivity index (χ3n) is 6.17. The van der Waals surface area contributed by atoms with Gasteiger partial charge in [0, 0.05) is 42.5 Å². The van der Waals surface area contributed by atoms with Gasteiger partial charge in [-0.2, -0.15) is 0 Å². The summed E-state index contributed by atoms with van der Waals surface area (Å²) in [4.78, 5) is 19.4. The standard InChI is InChI=1S/C20H28N4O2/c1-13-12-21-20(16-5-4-6-16)24(13)17-7-9-23(10-8-17)19(25)11-18-14(2)22-26-15(18)3/h12,16-17H,4-11H2,1-3H3. The molecule has 3 heterocycles. The number of hydrogen-bond acceptors (Lipinski definition) is 4. The van der Waals surface area contributed by atoms with Crippen molar-refractivity contribution in [1.29, 1.82) is 0 Å². The van der Waals surface area contributed by atoms with Crippen molar-refractivity contribution in [3.8, 4) is 0 Å². The first-order chi connectivity index (χ1) is 12.5. The molecule has 1 saturated heterocycles. The van der Waals surface area contributed by atoms with E-state index >= 15 is 0 Å². The fraction of sp³-hybridized carbons (Fsp3) is 0.650. The molecule has 26 heavy (non-hydrogen) atoms. The summed E-state index contributed by atoms with van der Waals surface area (Å²) in [6, 6.07) is 0.469. The molecule has 0 aromatic carbocycles. The van der Waals surface area contributed by atoms with Crippen LogP contribution < -0.4 is 0 Å². The van der Waals surface area contributed by atoms with Crippen LogP contribution in [0.1, 0.15) is 72.6 Å². The Morgan fingerprint density at radius 3 is 2.50 bits per heavy atom. The molecule has 2 aromatic rings. The Kier molecular flexibility index (Phi) is 4.59. The highest BCUT2D eigenvalue weighted by atomic mass is 16.5. The second-order valence-electron chi connectivity index (χ2n) is 7.85. The van der Waals surface area contributed by atoms with Crippen LogP contribution in [-0.4, -0.2) is 38.6 Å². The fourth-order valence-corrected chi connectivity index (χ4v) is 4.30. The molecule has 4 rings (SSSR count). The predicted octanol–water partition coefficient (Wildman–Crippen LogP) is 3.47. The van der Waals surface area contributed by atoms with Crippen molar-refractivity contribution in [1.82, 2.24) is 19.6 Å². The molecule has 6 nitrogen and oxygen atoms in total. The minimum absolute atomic E-state index is 0.180. The van der Waals surface area contributed by atoms with Crippen LogP contribution in [0.25, 0.3) is 0 Å². The van der Waals surface area contributed by atoms with E-state index in [1.165, 1.54) is 30.8 Å². The number of aromatic nitrogens is 3. The van der Waals surface area contributed by atoms with E-state index in [0.717, 1.165) is 42.9 Å². The fourth-order valence-electron chi connectivity index (χ4n) is 4.30. The van der Waals surface area contributed by atoms with Crippen molar-refractivity contribution >= 4 is 5.91 Å². The first kappa shape index (κ1) is 17.3. The highest BCUT2D eigenvalue weighted by Gasteiger charge is 2.30. The summed E-state index contributed by atoms with van der Waals surface area (Å²) in [7, 11) is 0. The van der Waals surface area contributed by atoms with Crippen LogP contribution in [0.3, 0.4) is 0 Å². The van der Waals surface area contributed by atoms with Crippen LogP contribution in [0, 0.1) is 20.8 Å². The van der Waals surface area contributed by atoms with Gasteiger partial charge >= 0.3 is 0 Å². The summed E-state index contributed by atoms with van der Waals surface area (Å²) in [5, 5.41) is 3.95. The Morgan fingerprint density at radius 1 is 1.19 bits per heavy atom. The average Bonchev–Trinajstić information content (AvgIpc) is 3.11. The summed E-state index contributed by atoms with van der Waals surface area (Å²) in [6.07, 6.45) is 8.28. The molecule has 1 amide bonds. The molecule has 2 aromatic heterocycles. The lowest BCUT2D eigenvalue weighted by molar-refractivity contribution is -0.131. The van der Waals surface area contributed by atoms with Gasteiger partial charge in [-0.05, 0) is 46.5 Å². The Labute approximate surface area is 154 Å². The van der Waals surface area contributed by atoms with E-state index in [-0.39, 0.29) is 5.91 Å². The van der Waals surface area contributed by atoms with Gasteiger partial charge in [0.25, 0.3) is 0 Å². The SMILES string of the molecule is Cc1noc(C)c1CC(=O)N1CCC(n2c(C)cnc2C2CCC2)CC1. The quantitative estimate of drug-likeness (QED) is 0.841. The van der Waals surface area contributed by atoms with Crippen molar-refractivity contribution < 1.29 is 9.32 Å². The maximum Gasteiger partial charge on any atom is 0.227 e. The number of likely N-dealkylation sites (tertiary alicyclic amines) is 1. The lowest BCUT2D eigenvalue weighted by atomic mass is 9.84. The molecule has 1 saturated carbocycles. The number of piperidine rings is 1. The number of hydrogen-bond donors (Lipinski definition) is 0. The summed E-state index contributed by atoms with van der Waals surface area (Å²) in [6.45, 7) is 7.56. The molecule has 2 aliphatic rings. The average molecular weight is 356 g/mol. The zero-order valence-corrected chi connectivity index (χ0v) is 16.0. The number of nitrogens with zero attached hydrogens (tertiary/aromatic N) is 4. The summed E-state index contributed by atoms with van der Waals surface area (Å²) < 4.78 is 7.64. The number of carbonyl (C=O) groups excluding carboxylic acids is 1. The van der Waals surface area contributed by atoms with Crippen LogP contribution in [0.5, 0.6) is 0 Å². The Morgan fingerprint density at radius 2 is 1.92 bits per heavy atom. The van der Waals surface area contributed by atoms with Gasteiger partial charge in [0.05, 0.1) is 12.1 Å². The van der Waals surface area contributed by atoms with Gasteiger partial charge < -0.3 is 14.0 Å². The summed E-state index contributed by atoms with van der Waals surface area (Å²) in [5.74, 6) is 2.85. The maximum atomic E-state index is 12.7. The van der Waals surface area contributed by atoms with E-state index in [1.54, 1.807) is 0 Å². The largest absolute Gasteiger partial charge is 0.361 e. The zero-order valence-electron chi connectivity index (χ0n) is 16.0. The van der Waals surface area contributed by atoms with E-state index in [4.69, 9.17) is 9.51 Å². The Hall–Kier alpha value is -2.11. The van der Waals surface area contributed by atoms with Crippen molar-refractivity contribution in [3.63, 3.8) is 0 Å². The number of aryl methyl sites for hydroxylation is 3. The first-order valence-corrected chi connectivity index (χ1v) is 9.78. The Bertz CT molecular complexity index is 775. The molecule has 6 heteroatoms. The molecule has 0 bridgehead atoms. The van der Waals surface area contributed by atoms with Crippen molar-refractivity contribution in [2.75, 3.05) is 13.1 Å². The number of imidazole rings is 1. The molecule has 140 valence electrons. The van der Waals surface area contributed by atoms with Gasteiger partial charge in [0.1, 0.15) is 11.6 Å². The minimum Gasteiger partial charge on any atom is -0.361 e. The van der Waals surface area contributed by atoms with Crippen molar-refractivity contribution in [2.45, 2.75) is 71.3 Å². The van der Waals surface area contributed by atoms with E-state index in [9.17, 15) is 4.79 Å². The van der Waals surface area contributed by atoms with E-state index < -0.39 is 0 Å². The molecule has 1 aliphatic heterocycles. The van der Waals surface area contributed by atoms with Crippen molar-refractivity contribution in [3.05, 3.63) is 34.7 Å². The normalized spacial score (nSPS) is 19.0. The highest BCUT2D eigenvalue weighted by Crippen LogP contribution is 2.38. The van der Waals surface area contributed by atoms with E-state index in [0.29, 0.717) is 18.4 Å². The van der Waals surface area contributed by atoms with Gasteiger partial charge in [0.2, 0.25) is 5.91 Å². The third-order valence-corrected chi connectivity index (χ3v) is 6.17. The van der Waals surface area contributed by atoms with Gasteiger partial charge in [-0.15, -0.1) is 0 Å². The lowest BCUT2D eigenvalue weighted by Crippen LogP contribution is -2.40. The van der Waals surface area contributed by atoms with E-state index in [1.807, 2.05) is 24.9 Å². The summed E-state index contributed by atoms with van der Waals surface area (Å²) >= 11 is 0. The zero-order chi connectivity index (χ0) is 18.3. The van der Waals surface area contributed by atoms with Gasteiger partial charge in [-0.25, -0.2) is 4.98 Å². The lowest BCUT2D eigenvalue weighted by Gasteiger charge is -2.36. The molecular weight excluding hydrogens is 328 g/mol. The highest BCUT2D eigenvalue weighted by molar-refractivity contribution is 5.79. The molecule has 0 unspecified atom stereocenters. The van der Waals surface area contributed by atoms with Crippen molar-refractivity contribution in [2.24, 2.45) is 0 Å². The molecular formula is C20H28N4O2. The van der Waals surface area contributed by atoms with Crippen LogP contribution in [-0.2, 0) is 11.2 Å². The smallest absolute Gasteiger partial charge is 0.227 e. The maximum absolute atomic E-state index is 12.7. The third kappa shape index (κ3) is 3.06. The van der Waals surface area contributed by atoms with Gasteiger partial charge in [-0.1, -0.05) is 11.6 Å². The second kappa shape index (κ2) is 6.89. The second-order valence-corrected chi connectivity index (χ2v) is 7.85. The summed E-state index contributed by atoms with van der Waals surface area (Å²) in [5.41, 5.74) is 3.02. The van der Waals surface area contributed by atoms with Gasteiger partial charge in [-0.3, -0.25) is 4.79 Å². The number of carbonyl (C=O) groups is 1. The molecule has 0 spiro atoms. The van der Waals surface area contributed by atoms with Crippen LogP contribution >= 0.6 is 0 Å². The van der Waals surface area contributed by atoms with E-state index in [2.05, 4.69) is 16.6 Å². The Balaban J connectivity index is 1.40. The van der Waals surface area contributed by atoms with Gasteiger partial charge in [0.15, 0.2) is 0 Å². The molecule has 0 N–H and O–H groups in total. The number of rotatable bonds is 4. The van der Waals surface area contributed by atoms with Crippen LogP contribution in [0.2, 0.25) is 0 Å². The molecule has 1 aliphatic carbocycles. The monoisotopic (exact) mass is 356 g/mol.